The number of nitrogens with zero attached hydrogens (tertiary/aromatic N) is 1. The smallest absolute Gasteiger partial charge is 0.407 e. The molecule has 6 heteroatoms. The third kappa shape index (κ3) is 6.73. The molecule has 1 heterocycles. The molecule has 1 aromatic heterocycles. The third-order valence-corrected chi connectivity index (χ3v) is 5.29. The normalized spacial score (nSPS) is 11.2. The summed E-state index contributed by atoms with van der Waals surface area (Å²) in [7, 11) is 3.24. The summed E-state index contributed by atoms with van der Waals surface area (Å²) in [5.41, 5.74) is 1.15. The number of carbonyl (C=O) groups excluding carboxylic acids is 1. The van der Waals surface area contributed by atoms with Gasteiger partial charge in [0, 0.05) is 12.7 Å². The van der Waals surface area contributed by atoms with Crippen LogP contribution in [0.3, 0.4) is 0 Å². The summed E-state index contributed by atoms with van der Waals surface area (Å²) in [4.78, 5) is 15.6. The lowest BCUT2D eigenvalue weighted by Gasteiger charge is -2.22. The van der Waals surface area contributed by atoms with E-state index in [0.29, 0.717) is 13.2 Å². The first-order chi connectivity index (χ1) is 8.93. The number of alkyl carbamates (subject to hydrolysis) is 1. The molecule has 0 saturated heterocycles. The molecule has 1 amide bonds. The van der Waals surface area contributed by atoms with Crippen molar-refractivity contribution < 1.29 is 9.53 Å². The number of ether oxygens (including phenoxy) is 1. The zero-order chi connectivity index (χ0) is 14.3. The second-order valence-corrected chi connectivity index (χ2v) is 7.56. The van der Waals surface area contributed by atoms with Gasteiger partial charge in [0.05, 0.1) is 4.75 Å². The number of hydrogen-bond acceptors (Lipinski definition) is 5. The van der Waals surface area contributed by atoms with Gasteiger partial charge < -0.3 is 10.1 Å². The Hall–Kier alpha value is -0.880. The van der Waals surface area contributed by atoms with Gasteiger partial charge in [-0.15, -0.1) is 0 Å². The Bertz CT molecular complexity index is 408. The van der Waals surface area contributed by atoms with Crippen LogP contribution in [0.5, 0.6) is 0 Å². The maximum Gasteiger partial charge on any atom is 0.407 e. The fraction of sp³-hybridized carbons (Fsp3) is 0.538. The molecule has 0 aliphatic carbocycles. The summed E-state index contributed by atoms with van der Waals surface area (Å²) in [6, 6.07) is 4.03. The van der Waals surface area contributed by atoms with E-state index in [4.69, 9.17) is 4.74 Å². The fourth-order valence-electron chi connectivity index (χ4n) is 1.12. The number of rotatable bonds is 6. The monoisotopic (exact) mass is 300 g/mol. The van der Waals surface area contributed by atoms with E-state index in [2.05, 4.69) is 10.3 Å². The number of hydrogen-bond donors (Lipinski definition) is 1. The first-order valence-electron chi connectivity index (χ1n) is 6.12. The molecule has 1 aromatic rings. The van der Waals surface area contributed by atoms with E-state index < -0.39 is 0 Å². The molecule has 0 aliphatic heterocycles. The largest absolute Gasteiger partial charge is 0.448 e. The van der Waals surface area contributed by atoms with E-state index >= 15 is 0 Å². The Kier molecular flexibility index (Phi) is 6.51. The van der Waals surface area contributed by atoms with Crippen LogP contribution in [0, 0.1) is 6.92 Å². The van der Waals surface area contributed by atoms with Crippen molar-refractivity contribution in [1.82, 2.24) is 10.3 Å². The van der Waals surface area contributed by atoms with Crippen LogP contribution in [0.25, 0.3) is 0 Å². The second-order valence-electron chi connectivity index (χ2n) is 4.71. The molecule has 1 N–H and O–H groups in total. The number of amides is 1. The molecule has 0 bridgehead atoms. The Balaban J connectivity index is 2.37. The van der Waals surface area contributed by atoms with Crippen LogP contribution in [0.4, 0.5) is 4.79 Å². The van der Waals surface area contributed by atoms with Crippen molar-refractivity contribution in [1.29, 1.82) is 0 Å². The minimum absolute atomic E-state index is 0.164. The van der Waals surface area contributed by atoms with E-state index in [1.54, 1.807) is 21.6 Å². The number of carbonyl (C=O) groups is 1. The van der Waals surface area contributed by atoms with Crippen LogP contribution >= 0.6 is 21.6 Å². The zero-order valence-corrected chi connectivity index (χ0v) is 13.4. The van der Waals surface area contributed by atoms with Gasteiger partial charge in [0.15, 0.2) is 0 Å². The van der Waals surface area contributed by atoms with Crippen molar-refractivity contribution in [3.05, 3.63) is 23.9 Å². The summed E-state index contributed by atoms with van der Waals surface area (Å²) < 4.78 is 4.99. The molecule has 0 saturated carbocycles. The summed E-state index contributed by atoms with van der Waals surface area (Å²) in [6.45, 7) is 8.89. The van der Waals surface area contributed by atoms with Gasteiger partial charge in [-0.3, -0.25) is 0 Å². The molecular weight excluding hydrogens is 280 g/mol. The Labute approximate surface area is 122 Å². The van der Waals surface area contributed by atoms with Crippen LogP contribution in [0.1, 0.15) is 26.3 Å². The van der Waals surface area contributed by atoms with Gasteiger partial charge in [-0.2, -0.15) is 0 Å². The SMILES string of the molecule is CCNC(=O)OCC(C)(C)SSc1ccc(C)cn1. The van der Waals surface area contributed by atoms with E-state index in [1.165, 1.54) is 0 Å². The van der Waals surface area contributed by atoms with E-state index in [9.17, 15) is 4.79 Å². The molecule has 0 aliphatic rings. The van der Waals surface area contributed by atoms with Gasteiger partial charge in [0.2, 0.25) is 0 Å². The first-order valence-corrected chi connectivity index (χ1v) is 8.27. The van der Waals surface area contributed by atoms with Gasteiger partial charge >= 0.3 is 6.09 Å². The zero-order valence-electron chi connectivity index (χ0n) is 11.7. The van der Waals surface area contributed by atoms with Gasteiger partial charge in [-0.05, 0) is 50.1 Å². The topological polar surface area (TPSA) is 51.2 Å². The average molecular weight is 300 g/mol. The maximum atomic E-state index is 11.2. The fourth-order valence-corrected chi connectivity index (χ4v) is 3.13. The van der Waals surface area contributed by atoms with Gasteiger partial charge in [-0.1, -0.05) is 16.9 Å². The maximum absolute atomic E-state index is 11.2. The lowest BCUT2D eigenvalue weighted by molar-refractivity contribution is 0.139. The summed E-state index contributed by atoms with van der Waals surface area (Å²) in [5.74, 6) is 0. The number of aromatic nitrogens is 1. The highest BCUT2D eigenvalue weighted by molar-refractivity contribution is 8.77. The molecular formula is C13H20N2O2S2. The minimum atomic E-state index is -0.366. The average Bonchev–Trinajstić information content (AvgIpc) is 2.36. The third-order valence-electron chi connectivity index (χ3n) is 2.11. The van der Waals surface area contributed by atoms with Crippen molar-refractivity contribution in [3.8, 4) is 0 Å². The summed E-state index contributed by atoms with van der Waals surface area (Å²) in [6.07, 6.45) is 1.48. The van der Waals surface area contributed by atoms with E-state index in [-0.39, 0.29) is 10.8 Å². The highest BCUT2D eigenvalue weighted by Gasteiger charge is 2.22. The number of pyridine rings is 1. The molecule has 0 radical (unpaired) electrons. The molecule has 1 rings (SSSR count). The predicted molar refractivity (Wildman–Crippen MR) is 81.5 cm³/mol. The second kappa shape index (κ2) is 7.65. The number of nitrogens with one attached hydrogen (secondary N) is 1. The van der Waals surface area contributed by atoms with Crippen LogP contribution in [-0.2, 0) is 4.74 Å². The van der Waals surface area contributed by atoms with Crippen molar-refractivity contribution in [2.75, 3.05) is 13.2 Å². The van der Waals surface area contributed by atoms with Gasteiger partial charge in [0.1, 0.15) is 11.6 Å². The molecule has 19 heavy (non-hydrogen) atoms. The van der Waals surface area contributed by atoms with Crippen molar-refractivity contribution in [2.45, 2.75) is 37.5 Å². The van der Waals surface area contributed by atoms with Crippen molar-refractivity contribution in [2.24, 2.45) is 0 Å². The standard InChI is InChI=1S/C13H20N2O2S2/c1-5-14-12(16)17-9-13(3,4)19-18-11-7-6-10(2)8-15-11/h6-8H,5,9H2,1-4H3,(H,14,16). The number of aryl methyl sites for hydroxylation is 1. The molecule has 0 fully saturated rings. The lowest BCUT2D eigenvalue weighted by Crippen LogP contribution is -2.30. The summed E-state index contributed by atoms with van der Waals surface area (Å²) in [5, 5.41) is 3.57. The highest BCUT2D eigenvalue weighted by Crippen LogP contribution is 2.39. The molecule has 0 atom stereocenters. The van der Waals surface area contributed by atoms with Crippen molar-refractivity contribution >= 4 is 27.7 Å². The first kappa shape index (κ1) is 16.2. The van der Waals surface area contributed by atoms with Crippen molar-refractivity contribution in [3.63, 3.8) is 0 Å². The van der Waals surface area contributed by atoms with Crippen LogP contribution < -0.4 is 5.32 Å². The van der Waals surface area contributed by atoms with Gasteiger partial charge in [-0.25, -0.2) is 9.78 Å². The molecule has 0 unspecified atom stereocenters. The van der Waals surface area contributed by atoms with Crippen LogP contribution in [0.2, 0.25) is 0 Å². The Morgan fingerprint density at radius 1 is 1.47 bits per heavy atom. The van der Waals surface area contributed by atoms with E-state index in [1.807, 2.05) is 46.0 Å². The molecule has 0 aromatic carbocycles. The Morgan fingerprint density at radius 2 is 2.21 bits per heavy atom. The molecule has 106 valence electrons. The van der Waals surface area contributed by atoms with Gasteiger partial charge in [0.25, 0.3) is 0 Å². The van der Waals surface area contributed by atoms with E-state index in [0.717, 1.165) is 10.6 Å². The Morgan fingerprint density at radius 3 is 2.79 bits per heavy atom. The van der Waals surface area contributed by atoms with Crippen LogP contribution in [0.15, 0.2) is 23.4 Å². The summed E-state index contributed by atoms with van der Waals surface area (Å²) >= 11 is 0. The molecule has 0 spiro atoms. The highest BCUT2D eigenvalue weighted by atomic mass is 33.1. The minimum Gasteiger partial charge on any atom is -0.448 e. The quantitative estimate of drug-likeness (QED) is 0.813. The lowest BCUT2D eigenvalue weighted by atomic mass is 10.2. The predicted octanol–water partition coefficient (Wildman–Crippen LogP) is 3.66. The molecule has 4 nitrogen and oxygen atoms in total. The van der Waals surface area contributed by atoms with Crippen LogP contribution in [-0.4, -0.2) is 29.0 Å².